The van der Waals surface area contributed by atoms with Gasteiger partial charge in [-0.2, -0.15) is 5.26 Å². The molecule has 4 rings (SSSR count). The maximum absolute atomic E-state index is 13.2. The Morgan fingerprint density at radius 3 is 2.20 bits per heavy atom. The molecule has 2 amide bonds. The molecule has 1 N–H and O–H groups in total. The number of ether oxygens (including phenoxy) is 2. The Morgan fingerprint density at radius 1 is 1.07 bits per heavy atom. The Balaban J connectivity index is 1.35. The monoisotopic (exact) mass is 568 g/mol. The Kier molecular flexibility index (Phi) is 7.92. The number of rotatable bonds is 5. The first-order chi connectivity index (χ1) is 18.6. The number of hydrogen-bond donors (Lipinski definition) is 1. The van der Waals surface area contributed by atoms with Gasteiger partial charge in [0, 0.05) is 61.5 Å². The van der Waals surface area contributed by atoms with Crippen LogP contribution in [0, 0.1) is 22.2 Å². The van der Waals surface area contributed by atoms with E-state index < -0.39 is 5.60 Å². The summed E-state index contributed by atoms with van der Waals surface area (Å²) < 4.78 is 11.8. The molecule has 2 aromatic rings. The van der Waals surface area contributed by atoms with E-state index in [0.717, 1.165) is 0 Å². The largest absolute Gasteiger partial charge is 0.489 e. The van der Waals surface area contributed by atoms with Gasteiger partial charge in [-0.3, -0.25) is 4.79 Å². The molecule has 1 aliphatic carbocycles. The van der Waals surface area contributed by atoms with Crippen molar-refractivity contribution in [1.82, 2.24) is 20.2 Å². The standard InChI is InChI=1S/C29H37ClN6O4/c1-27(2,3)40-26(38)36-12-10-35(11-13-36)25-32-16-19(17-33-25)22(37)34-23-28(4,5)24(29(23,6)7)39-20-9-8-18(15-31)21(30)14-20/h8-9,14,16-17,23-24H,10-13H2,1-7H3,(H,34,37)/t23-,24-. The first kappa shape index (κ1) is 29.4. The quantitative estimate of drug-likeness (QED) is 0.552. The molecular formula is C29H37ClN6O4. The maximum Gasteiger partial charge on any atom is 0.410 e. The van der Waals surface area contributed by atoms with E-state index in [1.165, 1.54) is 12.4 Å². The Labute approximate surface area is 240 Å². The van der Waals surface area contributed by atoms with Gasteiger partial charge in [0.25, 0.3) is 5.91 Å². The van der Waals surface area contributed by atoms with Crippen molar-refractivity contribution in [3.63, 3.8) is 0 Å². The summed E-state index contributed by atoms with van der Waals surface area (Å²) in [6.07, 6.45) is 2.54. The minimum Gasteiger partial charge on any atom is -0.489 e. The lowest BCUT2D eigenvalue weighted by molar-refractivity contribution is -0.164. The lowest BCUT2D eigenvalue weighted by atomic mass is 9.49. The molecule has 0 spiro atoms. The number of anilines is 1. The third kappa shape index (κ3) is 5.94. The Bertz CT molecular complexity index is 1290. The van der Waals surface area contributed by atoms with Crippen LogP contribution in [0.15, 0.2) is 30.6 Å². The number of carbonyl (C=O) groups excluding carboxylic acids is 2. The average molecular weight is 569 g/mol. The molecule has 2 heterocycles. The van der Waals surface area contributed by atoms with Gasteiger partial charge in [0.1, 0.15) is 23.5 Å². The normalized spacial score (nSPS) is 21.6. The molecule has 2 aliphatic rings. The molecule has 10 nitrogen and oxygen atoms in total. The van der Waals surface area contributed by atoms with E-state index >= 15 is 0 Å². The van der Waals surface area contributed by atoms with E-state index in [-0.39, 0.29) is 35.0 Å². The molecule has 0 bridgehead atoms. The molecule has 0 radical (unpaired) electrons. The lowest BCUT2D eigenvalue weighted by Crippen LogP contribution is -2.74. The molecule has 0 atom stereocenters. The van der Waals surface area contributed by atoms with Gasteiger partial charge in [0.2, 0.25) is 5.95 Å². The average Bonchev–Trinajstić information content (AvgIpc) is 2.89. The fourth-order valence-electron chi connectivity index (χ4n) is 5.83. The predicted molar refractivity (Wildman–Crippen MR) is 151 cm³/mol. The highest BCUT2D eigenvalue weighted by atomic mass is 35.5. The second-order valence-electron chi connectivity index (χ2n) is 12.5. The highest BCUT2D eigenvalue weighted by molar-refractivity contribution is 6.31. The van der Waals surface area contributed by atoms with Gasteiger partial charge >= 0.3 is 6.09 Å². The summed E-state index contributed by atoms with van der Waals surface area (Å²) >= 11 is 6.19. The summed E-state index contributed by atoms with van der Waals surface area (Å²) in [5, 5.41) is 12.6. The topological polar surface area (TPSA) is 121 Å². The number of nitriles is 1. The van der Waals surface area contributed by atoms with Crippen LogP contribution in [0.3, 0.4) is 0 Å². The minimum absolute atomic E-state index is 0.174. The number of halogens is 1. The van der Waals surface area contributed by atoms with E-state index in [4.69, 9.17) is 26.3 Å². The summed E-state index contributed by atoms with van der Waals surface area (Å²) in [6, 6.07) is 6.90. The lowest BCUT2D eigenvalue weighted by Gasteiger charge is -2.63. The Hall–Kier alpha value is -3.58. The van der Waals surface area contributed by atoms with Crippen molar-refractivity contribution in [3.8, 4) is 11.8 Å². The van der Waals surface area contributed by atoms with Crippen molar-refractivity contribution in [2.24, 2.45) is 10.8 Å². The highest BCUT2D eigenvalue weighted by Crippen LogP contribution is 2.55. The fourth-order valence-corrected chi connectivity index (χ4v) is 6.04. The summed E-state index contributed by atoms with van der Waals surface area (Å²) in [4.78, 5) is 38.0. The van der Waals surface area contributed by atoms with Crippen molar-refractivity contribution < 1.29 is 19.1 Å². The Morgan fingerprint density at radius 2 is 1.68 bits per heavy atom. The van der Waals surface area contributed by atoms with Crippen molar-refractivity contribution in [2.45, 2.75) is 66.2 Å². The second kappa shape index (κ2) is 10.8. The molecule has 40 heavy (non-hydrogen) atoms. The molecular weight excluding hydrogens is 532 g/mol. The van der Waals surface area contributed by atoms with E-state index in [0.29, 0.717) is 54.0 Å². The van der Waals surface area contributed by atoms with Crippen LogP contribution in [0.4, 0.5) is 10.7 Å². The summed E-state index contributed by atoms with van der Waals surface area (Å²) in [5.41, 5.74) is -0.541. The number of carbonyl (C=O) groups is 2. The fraction of sp³-hybridized carbons (Fsp3) is 0.552. The van der Waals surface area contributed by atoms with Gasteiger partial charge in [-0.1, -0.05) is 39.3 Å². The molecule has 11 heteroatoms. The van der Waals surface area contributed by atoms with Gasteiger partial charge in [0.15, 0.2) is 0 Å². The van der Waals surface area contributed by atoms with Crippen LogP contribution < -0.4 is 15.0 Å². The predicted octanol–water partition coefficient (Wildman–Crippen LogP) is 4.67. The highest BCUT2D eigenvalue weighted by Gasteiger charge is 2.64. The summed E-state index contributed by atoms with van der Waals surface area (Å²) in [6.45, 7) is 15.9. The number of nitrogens with one attached hydrogen (secondary N) is 1. The van der Waals surface area contributed by atoms with E-state index in [1.807, 2.05) is 31.7 Å². The zero-order valence-electron chi connectivity index (χ0n) is 24.1. The number of piperazine rings is 1. The summed E-state index contributed by atoms with van der Waals surface area (Å²) in [7, 11) is 0. The smallest absolute Gasteiger partial charge is 0.410 e. The molecule has 214 valence electrons. The van der Waals surface area contributed by atoms with Gasteiger partial charge in [-0.15, -0.1) is 0 Å². The van der Waals surface area contributed by atoms with Gasteiger partial charge < -0.3 is 24.6 Å². The first-order valence-electron chi connectivity index (χ1n) is 13.4. The van der Waals surface area contributed by atoms with E-state index in [2.05, 4.69) is 43.0 Å². The number of nitrogens with zero attached hydrogens (tertiary/aromatic N) is 5. The third-order valence-corrected chi connectivity index (χ3v) is 7.86. The number of benzene rings is 1. The molecule has 0 unspecified atom stereocenters. The first-order valence-corrected chi connectivity index (χ1v) is 13.7. The van der Waals surface area contributed by atoms with Crippen molar-refractivity contribution in [2.75, 3.05) is 31.1 Å². The van der Waals surface area contributed by atoms with Crippen LogP contribution >= 0.6 is 11.6 Å². The van der Waals surface area contributed by atoms with Crippen molar-refractivity contribution in [3.05, 3.63) is 46.7 Å². The molecule has 1 aromatic heterocycles. The second-order valence-corrected chi connectivity index (χ2v) is 12.9. The minimum atomic E-state index is -0.537. The van der Waals surface area contributed by atoms with Crippen LogP contribution in [0.2, 0.25) is 5.02 Å². The molecule has 1 saturated carbocycles. The molecule has 1 aromatic carbocycles. The zero-order chi connectivity index (χ0) is 29.5. The number of aromatic nitrogens is 2. The molecule has 1 saturated heterocycles. The van der Waals surface area contributed by atoms with Crippen LogP contribution in [0.25, 0.3) is 0 Å². The van der Waals surface area contributed by atoms with Crippen LogP contribution in [-0.4, -0.2) is 70.8 Å². The van der Waals surface area contributed by atoms with Gasteiger partial charge in [0.05, 0.1) is 16.1 Å². The third-order valence-electron chi connectivity index (χ3n) is 7.54. The molecule has 1 aliphatic heterocycles. The van der Waals surface area contributed by atoms with Gasteiger partial charge in [-0.05, 0) is 32.9 Å². The maximum atomic E-state index is 13.2. The number of hydrogen-bond acceptors (Lipinski definition) is 8. The van der Waals surface area contributed by atoms with Crippen LogP contribution in [0.1, 0.15) is 64.4 Å². The SMILES string of the molecule is CC(C)(C)OC(=O)N1CCN(c2ncc(C(=O)N[C@H]3C(C)(C)[C@H](Oc4ccc(C#N)c(Cl)c4)C3(C)C)cn2)CC1. The zero-order valence-corrected chi connectivity index (χ0v) is 24.9. The van der Waals surface area contributed by atoms with E-state index in [9.17, 15) is 9.59 Å². The van der Waals surface area contributed by atoms with Crippen LogP contribution in [0.5, 0.6) is 5.75 Å². The van der Waals surface area contributed by atoms with Gasteiger partial charge in [-0.25, -0.2) is 14.8 Å². The summed E-state index contributed by atoms with van der Waals surface area (Å²) in [5.74, 6) is 0.836. The van der Waals surface area contributed by atoms with Crippen molar-refractivity contribution >= 4 is 29.5 Å². The molecule has 2 fully saturated rings. The van der Waals surface area contributed by atoms with Crippen LogP contribution in [-0.2, 0) is 4.74 Å². The van der Waals surface area contributed by atoms with Crippen molar-refractivity contribution in [1.29, 1.82) is 5.26 Å². The van der Waals surface area contributed by atoms with E-state index in [1.54, 1.807) is 23.1 Å². The number of amides is 2.